The Morgan fingerprint density at radius 1 is 1.20 bits per heavy atom. The number of hydrogen-bond acceptors (Lipinski definition) is 5. The van der Waals surface area contributed by atoms with Crippen molar-refractivity contribution in [3.63, 3.8) is 0 Å². The molecule has 2 aromatic carbocycles. The first-order chi connectivity index (χ1) is 11.5. The monoisotopic (exact) mass is 396 g/mol. The molecule has 0 atom stereocenters. The third-order valence-corrected chi connectivity index (χ3v) is 4.53. The van der Waals surface area contributed by atoms with Gasteiger partial charge in [0.2, 0.25) is 0 Å². The molecule has 0 amide bonds. The smallest absolute Gasteiger partial charge is 0.466 e. The van der Waals surface area contributed by atoms with Crippen molar-refractivity contribution in [3.05, 3.63) is 40.9 Å². The molecule has 0 N–H and O–H groups in total. The van der Waals surface area contributed by atoms with Crippen LogP contribution in [-0.4, -0.2) is 26.5 Å². The van der Waals surface area contributed by atoms with Crippen molar-refractivity contribution in [2.45, 2.75) is 18.9 Å². The average Bonchev–Trinajstić information content (AvgIpc) is 2.47. The van der Waals surface area contributed by atoms with Crippen molar-refractivity contribution < 1.29 is 35.3 Å². The van der Waals surface area contributed by atoms with E-state index in [0.717, 1.165) is 12.1 Å². The van der Waals surface area contributed by atoms with Crippen LogP contribution in [0.2, 0.25) is 5.02 Å². The van der Waals surface area contributed by atoms with Gasteiger partial charge in [-0.2, -0.15) is 21.6 Å². The summed E-state index contributed by atoms with van der Waals surface area (Å²) in [5.74, 6) is -0.988. The van der Waals surface area contributed by atoms with Crippen LogP contribution in [0.25, 0.3) is 10.8 Å². The Hall–Kier alpha value is -2.00. The van der Waals surface area contributed by atoms with Gasteiger partial charge in [-0.3, -0.25) is 4.79 Å². The summed E-state index contributed by atoms with van der Waals surface area (Å²) in [7, 11) is -5.77. The molecule has 0 aliphatic rings. The summed E-state index contributed by atoms with van der Waals surface area (Å²) in [4.78, 5) is 10.8. The molecular formula is C15H12ClF3O5S. The molecule has 0 radical (unpaired) electrons. The van der Waals surface area contributed by atoms with Crippen molar-refractivity contribution in [1.29, 1.82) is 0 Å². The van der Waals surface area contributed by atoms with Crippen LogP contribution >= 0.6 is 11.6 Å². The second-order valence-electron chi connectivity index (χ2n) is 4.98. The van der Waals surface area contributed by atoms with Gasteiger partial charge in [0.1, 0.15) is 5.75 Å². The van der Waals surface area contributed by atoms with E-state index < -0.39 is 27.3 Å². The van der Waals surface area contributed by atoms with Gasteiger partial charge in [-0.25, -0.2) is 0 Å². The van der Waals surface area contributed by atoms with Gasteiger partial charge in [0.05, 0.1) is 6.61 Å². The minimum absolute atomic E-state index is 0.0140. The lowest BCUT2D eigenvalue weighted by Crippen LogP contribution is -2.28. The van der Waals surface area contributed by atoms with Gasteiger partial charge in [-0.15, -0.1) is 0 Å². The van der Waals surface area contributed by atoms with Crippen molar-refractivity contribution in [2.24, 2.45) is 0 Å². The lowest BCUT2D eigenvalue weighted by molar-refractivity contribution is -0.140. The highest BCUT2D eigenvalue weighted by atomic mass is 35.5. The maximum absolute atomic E-state index is 12.4. The molecular weight excluding hydrogens is 385 g/mol. The Morgan fingerprint density at radius 2 is 1.84 bits per heavy atom. The quantitative estimate of drug-likeness (QED) is 0.436. The SMILES string of the molecule is CC(=O)OCCc1c(Cl)ccc2ccc(OS(=O)(=O)C(F)(F)F)cc12. The zero-order chi connectivity index (χ0) is 18.8. The average molecular weight is 397 g/mol. The van der Waals surface area contributed by atoms with Crippen LogP contribution in [0.15, 0.2) is 30.3 Å². The summed E-state index contributed by atoms with van der Waals surface area (Å²) < 4.78 is 68.5. The number of carbonyl (C=O) groups is 1. The Kier molecular flexibility index (Phi) is 5.48. The summed E-state index contributed by atoms with van der Waals surface area (Å²) in [5.41, 5.74) is -5.04. The highest BCUT2D eigenvalue weighted by Crippen LogP contribution is 2.32. The lowest BCUT2D eigenvalue weighted by Gasteiger charge is -2.12. The normalized spacial score (nSPS) is 12.2. The van der Waals surface area contributed by atoms with Crippen molar-refractivity contribution >= 4 is 38.5 Å². The number of hydrogen-bond donors (Lipinski definition) is 0. The van der Waals surface area contributed by atoms with Crippen LogP contribution in [-0.2, 0) is 26.1 Å². The molecule has 0 fully saturated rings. The van der Waals surface area contributed by atoms with Crippen LogP contribution in [0.3, 0.4) is 0 Å². The Bertz CT molecular complexity index is 909. The van der Waals surface area contributed by atoms with Crippen LogP contribution < -0.4 is 4.18 Å². The van der Waals surface area contributed by atoms with Gasteiger partial charge < -0.3 is 8.92 Å². The molecule has 2 rings (SSSR count). The molecule has 0 spiro atoms. The third kappa shape index (κ3) is 4.55. The zero-order valence-electron chi connectivity index (χ0n) is 12.8. The highest BCUT2D eigenvalue weighted by molar-refractivity contribution is 7.88. The molecule has 0 aromatic heterocycles. The number of carbonyl (C=O) groups excluding carboxylic acids is 1. The maximum Gasteiger partial charge on any atom is 0.534 e. The summed E-state index contributed by atoms with van der Waals surface area (Å²) in [6, 6.07) is 6.86. The van der Waals surface area contributed by atoms with E-state index in [1.165, 1.54) is 13.0 Å². The number of benzene rings is 2. The molecule has 10 heteroatoms. The van der Waals surface area contributed by atoms with Crippen LogP contribution in [0.1, 0.15) is 12.5 Å². The number of rotatable bonds is 5. The molecule has 0 bridgehead atoms. The molecule has 0 aliphatic carbocycles. The third-order valence-electron chi connectivity index (χ3n) is 3.19. The first-order valence-electron chi connectivity index (χ1n) is 6.86. The predicted molar refractivity (Wildman–Crippen MR) is 84.9 cm³/mol. The summed E-state index contributed by atoms with van der Waals surface area (Å²) in [6.07, 6.45) is 0.200. The van der Waals surface area contributed by atoms with E-state index in [2.05, 4.69) is 4.18 Å². The van der Waals surface area contributed by atoms with Gasteiger partial charge in [0.15, 0.2) is 0 Å². The van der Waals surface area contributed by atoms with E-state index >= 15 is 0 Å². The molecule has 0 saturated heterocycles. The van der Waals surface area contributed by atoms with Crippen molar-refractivity contribution in [3.8, 4) is 5.75 Å². The molecule has 5 nitrogen and oxygen atoms in total. The molecule has 136 valence electrons. The van der Waals surface area contributed by atoms with E-state index in [0.29, 0.717) is 21.4 Å². The van der Waals surface area contributed by atoms with Gasteiger partial charge in [0, 0.05) is 18.4 Å². The standard InChI is InChI=1S/C15H12ClF3O5S/c1-9(20)23-7-6-12-13-8-11(24-25(21,22)15(17,18)19)4-2-10(13)3-5-14(12)16/h2-5,8H,6-7H2,1H3. The fourth-order valence-electron chi connectivity index (χ4n) is 2.11. The molecule has 2 aromatic rings. The molecule has 0 saturated carbocycles. The van der Waals surface area contributed by atoms with E-state index in [4.69, 9.17) is 16.3 Å². The van der Waals surface area contributed by atoms with Crippen molar-refractivity contribution in [1.82, 2.24) is 0 Å². The summed E-state index contributed by atoms with van der Waals surface area (Å²) in [5, 5.41) is 1.31. The minimum atomic E-state index is -5.77. The fourth-order valence-corrected chi connectivity index (χ4v) is 2.82. The predicted octanol–water partition coefficient (Wildman–Crippen LogP) is 3.83. The van der Waals surface area contributed by atoms with Gasteiger partial charge in [0.25, 0.3) is 0 Å². The van der Waals surface area contributed by atoms with E-state index in [1.54, 1.807) is 12.1 Å². The maximum atomic E-state index is 12.4. The highest BCUT2D eigenvalue weighted by Gasteiger charge is 2.48. The number of esters is 1. The molecule has 25 heavy (non-hydrogen) atoms. The summed E-state index contributed by atoms with van der Waals surface area (Å²) >= 11 is 6.10. The number of alkyl halides is 3. The van der Waals surface area contributed by atoms with Gasteiger partial charge in [-0.05, 0) is 34.5 Å². The van der Waals surface area contributed by atoms with E-state index in [-0.39, 0.29) is 13.0 Å². The molecule has 0 unspecified atom stereocenters. The largest absolute Gasteiger partial charge is 0.534 e. The lowest BCUT2D eigenvalue weighted by atomic mass is 10.0. The van der Waals surface area contributed by atoms with Crippen LogP contribution in [0, 0.1) is 0 Å². The van der Waals surface area contributed by atoms with E-state index in [9.17, 15) is 26.4 Å². The number of ether oxygens (including phenoxy) is 1. The Balaban J connectivity index is 2.42. The zero-order valence-corrected chi connectivity index (χ0v) is 14.3. The Labute approximate surface area is 146 Å². The van der Waals surface area contributed by atoms with E-state index in [1.807, 2.05) is 0 Å². The first-order valence-corrected chi connectivity index (χ1v) is 8.65. The Morgan fingerprint density at radius 3 is 2.44 bits per heavy atom. The second kappa shape index (κ2) is 7.09. The van der Waals surface area contributed by atoms with Crippen LogP contribution in [0.5, 0.6) is 5.75 Å². The second-order valence-corrected chi connectivity index (χ2v) is 6.93. The molecule has 0 aliphatic heterocycles. The minimum Gasteiger partial charge on any atom is -0.466 e. The number of halogens is 4. The van der Waals surface area contributed by atoms with Crippen molar-refractivity contribution in [2.75, 3.05) is 6.61 Å². The number of fused-ring (bicyclic) bond motifs is 1. The van der Waals surface area contributed by atoms with Gasteiger partial charge in [-0.1, -0.05) is 23.7 Å². The topological polar surface area (TPSA) is 69.7 Å². The van der Waals surface area contributed by atoms with Crippen LogP contribution in [0.4, 0.5) is 13.2 Å². The molecule has 0 heterocycles. The summed E-state index contributed by atoms with van der Waals surface area (Å²) in [6.45, 7) is 1.25. The fraction of sp³-hybridized carbons (Fsp3) is 0.267. The van der Waals surface area contributed by atoms with Gasteiger partial charge >= 0.3 is 21.6 Å². The first kappa shape index (κ1) is 19.3.